The molecule has 12 heteroatoms. The second-order valence-corrected chi connectivity index (χ2v) is 13.1. The van der Waals surface area contributed by atoms with Crippen LogP contribution in [0.25, 0.3) is 11.1 Å². The molecule has 0 atom stereocenters. The zero-order valence-corrected chi connectivity index (χ0v) is 26.5. The lowest BCUT2D eigenvalue weighted by atomic mass is 9.92. The van der Waals surface area contributed by atoms with E-state index in [-0.39, 0.29) is 11.5 Å². The number of nitrogens with zero attached hydrogens (tertiary/aromatic N) is 8. The van der Waals surface area contributed by atoms with Crippen molar-refractivity contribution in [1.29, 1.82) is 0 Å². The first-order valence-electron chi connectivity index (χ1n) is 16.6. The zero-order valence-electron chi connectivity index (χ0n) is 26.5. The van der Waals surface area contributed by atoms with Crippen molar-refractivity contribution in [1.82, 2.24) is 39.6 Å². The molecule has 0 unspecified atom stereocenters. The maximum absolute atomic E-state index is 14.6. The Morgan fingerprint density at radius 1 is 1.02 bits per heavy atom. The maximum atomic E-state index is 14.6. The molecule has 6 heterocycles. The Morgan fingerprint density at radius 2 is 1.78 bits per heavy atom. The summed E-state index contributed by atoms with van der Waals surface area (Å²) in [5.41, 5.74) is 5.38. The van der Waals surface area contributed by atoms with Crippen molar-refractivity contribution in [3.05, 3.63) is 46.9 Å². The predicted molar refractivity (Wildman–Crippen MR) is 170 cm³/mol. The van der Waals surface area contributed by atoms with Gasteiger partial charge in [-0.25, -0.2) is 8.78 Å². The number of amides is 1. The van der Waals surface area contributed by atoms with E-state index in [1.165, 1.54) is 5.69 Å². The van der Waals surface area contributed by atoms with E-state index in [0.717, 1.165) is 107 Å². The number of piperazine rings is 1. The van der Waals surface area contributed by atoms with Crippen LogP contribution in [-0.2, 0) is 31.2 Å². The number of aromatic nitrogens is 4. The van der Waals surface area contributed by atoms with Crippen molar-refractivity contribution >= 4 is 17.4 Å². The Hall–Kier alpha value is -3.35. The third-order valence-electron chi connectivity index (χ3n) is 10.2. The molecular formula is C33H45F2N9O. The Bertz CT molecular complexity index is 1520. The van der Waals surface area contributed by atoms with Crippen LogP contribution in [0.2, 0.25) is 0 Å². The number of hydrogen-bond acceptors (Lipinski definition) is 7. The molecule has 2 fully saturated rings. The monoisotopic (exact) mass is 621 g/mol. The van der Waals surface area contributed by atoms with Gasteiger partial charge in [-0.3, -0.25) is 19.1 Å². The van der Waals surface area contributed by atoms with Crippen LogP contribution in [0.5, 0.6) is 0 Å². The van der Waals surface area contributed by atoms with E-state index in [0.29, 0.717) is 36.8 Å². The summed E-state index contributed by atoms with van der Waals surface area (Å²) in [7, 11) is 1.80. The van der Waals surface area contributed by atoms with Crippen LogP contribution in [0.3, 0.4) is 0 Å². The van der Waals surface area contributed by atoms with Crippen molar-refractivity contribution in [2.45, 2.75) is 58.0 Å². The molecule has 1 N–H and O–H groups in total. The number of aryl methyl sites for hydroxylation is 2. The van der Waals surface area contributed by atoms with Crippen LogP contribution >= 0.6 is 0 Å². The van der Waals surface area contributed by atoms with Gasteiger partial charge in [0.15, 0.2) is 5.82 Å². The average molecular weight is 622 g/mol. The molecule has 7 rings (SSSR count). The van der Waals surface area contributed by atoms with E-state index in [2.05, 4.69) is 29.8 Å². The number of halogens is 2. The summed E-state index contributed by atoms with van der Waals surface area (Å²) in [6, 6.07) is 3.90. The third-order valence-corrected chi connectivity index (χ3v) is 10.2. The highest BCUT2D eigenvalue weighted by molar-refractivity contribution is 5.78. The van der Waals surface area contributed by atoms with Crippen molar-refractivity contribution < 1.29 is 13.6 Å². The van der Waals surface area contributed by atoms with Crippen LogP contribution in [0.15, 0.2) is 24.5 Å². The minimum absolute atomic E-state index is 0.0144. The molecule has 4 aliphatic rings. The van der Waals surface area contributed by atoms with Crippen molar-refractivity contribution in [2.24, 2.45) is 7.05 Å². The summed E-state index contributed by atoms with van der Waals surface area (Å²) in [6.07, 6.45) is 5.37. The molecule has 10 nitrogen and oxygen atoms in total. The number of anilines is 2. The van der Waals surface area contributed by atoms with E-state index in [9.17, 15) is 13.6 Å². The lowest BCUT2D eigenvalue weighted by Gasteiger charge is -2.35. The van der Waals surface area contributed by atoms with Gasteiger partial charge in [0.25, 0.3) is 6.43 Å². The lowest BCUT2D eigenvalue weighted by molar-refractivity contribution is -0.129. The number of hydrogen-bond donors (Lipinski definition) is 1. The minimum atomic E-state index is -2.62. The number of carbonyl (C=O) groups is 1. The van der Waals surface area contributed by atoms with Gasteiger partial charge in [-0.1, -0.05) is 0 Å². The van der Waals surface area contributed by atoms with Gasteiger partial charge in [-0.15, -0.1) is 0 Å². The van der Waals surface area contributed by atoms with Crippen LogP contribution in [0, 0.1) is 0 Å². The van der Waals surface area contributed by atoms with Crippen LogP contribution in [0.1, 0.15) is 61.0 Å². The third kappa shape index (κ3) is 6.12. The van der Waals surface area contributed by atoms with Gasteiger partial charge in [0.05, 0.1) is 18.8 Å². The number of likely N-dealkylation sites (tertiary alicyclic amines) is 1. The van der Waals surface area contributed by atoms with E-state index in [4.69, 9.17) is 5.10 Å². The highest BCUT2D eigenvalue weighted by Gasteiger charge is 2.34. The van der Waals surface area contributed by atoms with Gasteiger partial charge in [0.2, 0.25) is 5.91 Å². The topological polar surface area (TPSA) is 77.7 Å². The van der Waals surface area contributed by atoms with Gasteiger partial charge in [0, 0.05) is 120 Å². The van der Waals surface area contributed by atoms with Gasteiger partial charge in [-0.05, 0) is 48.9 Å². The maximum Gasteiger partial charge on any atom is 0.264 e. The van der Waals surface area contributed by atoms with Crippen LogP contribution in [-0.4, -0.2) is 106 Å². The molecule has 2 saturated heterocycles. The fraction of sp³-hybridized carbons (Fsp3) is 0.606. The largest absolute Gasteiger partial charge is 0.338 e. The molecule has 0 aliphatic carbocycles. The minimum Gasteiger partial charge on any atom is -0.338 e. The lowest BCUT2D eigenvalue weighted by Crippen LogP contribution is -2.47. The summed E-state index contributed by atoms with van der Waals surface area (Å²) >= 11 is 0. The number of nitrogens with one attached hydrogen (secondary N) is 1. The SMILES string of the molecule is CC(=O)N1CCc2c(c(N3CCCc4cc(-c5cnn(C)c5)c(C(F)F)cc43)nn2C2CCN(CCN3CCNCC3)CC2)C1. The van der Waals surface area contributed by atoms with Crippen molar-refractivity contribution in [2.75, 3.05) is 70.3 Å². The van der Waals surface area contributed by atoms with Crippen LogP contribution in [0.4, 0.5) is 20.3 Å². The second-order valence-electron chi connectivity index (χ2n) is 13.1. The smallest absolute Gasteiger partial charge is 0.264 e. The first-order valence-corrected chi connectivity index (χ1v) is 16.6. The van der Waals surface area contributed by atoms with E-state index in [1.54, 1.807) is 37.1 Å². The molecule has 1 aromatic carbocycles. The van der Waals surface area contributed by atoms with Gasteiger partial charge in [-0.2, -0.15) is 10.2 Å². The van der Waals surface area contributed by atoms with E-state index in [1.807, 2.05) is 11.0 Å². The highest BCUT2D eigenvalue weighted by Crippen LogP contribution is 2.43. The molecule has 1 amide bonds. The fourth-order valence-electron chi connectivity index (χ4n) is 7.68. The molecule has 2 aromatic heterocycles. The number of piperidine rings is 1. The summed E-state index contributed by atoms with van der Waals surface area (Å²) in [5, 5.41) is 13.0. The van der Waals surface area contributed by atoms with Crippen molar-refractivity contribution in [3.63, 3.8) is 0 Å². The van der Waals surface area contributed by atoms with Crippen molar-refractivity contribution in [3.8, 4) is 11.1 Å². The Labute approximate surface area is 263 Å². The Balaban J connectivity index is 1.18. The molecule has 0 radical (unpaired) electrons. The molecule has 4 aliphatic heterocycles. The Kier molecular flexibility index (Phi) is 8.62. The number of fused-ring (bicyclic) bond motifs is 2. The number of carbonyl (C=O) groups excluding carboxylic acids is 1. The zero-order chi connectivity index (χ0) is 31.1. The molecule has 0 saturated carbocycles. The molecule has 0 spiro atoms. The fourth-order valence-corrected chi connectivity index (χ4v) is 7.68. The van der Waals surface area contributed by atoms with Gasteiger partial charge >= 0.3 is 0 Å². The molecule has 45 heavy (non-hydrogen) atoms. The summed E-state index contributed by atoms with van der Waals surface area (Å²) in [5.74, 6) is 0.879. The number of alkyl halides is 2. The summed E-state index contributed by atoms with van der Waals surface area (Å²) in [6.45, 7) is 12.2. The van der Waals surface area contributed by atoms with E-state index >= 15 is 0 Å². The molecule has 242 valence electrons. The van der Waals surface area contributed by atoms with E-state index < -0.39 is 6.43 Å². The quantitative estimate of drug-likeness (QED) is 0.431. The Morgan fingerprint density at radius 3 is 2.47 bits per heavy atom. The predicted octanol–water partition coefficient (Wildman–Crippen LogP) is 3.75. The first kappa shape index (κ1) is 30.3. The summed E-state index contributed by atoms with van der Waals surface area (Å²) < 4.78 is 33.0. The first-order chi connectivity index (χ1) is 21.9. The van der Waals surface area contributed by atoms with Crippen LogP contribution < -0.4 is 10.2 Å². The standard InChI is InChI=1S/C33H45F2N9O/c1-23(45)42-13-7-30-29(22-42)33(38-44(30)26-5-11-40(12-6-26)16-17-41-14-8-36-9-15-41)43-10-3-4-24-18-27(25-20-37-39(2)21-25)28(32(34)35)19-31(24)43/h18-21,26,32,36H,3-17,22H2,1-2H3. The number of benzene rings is 1. The second kappa shape index (κ2) is 12.8. The normalized spacial score (nSPS) is 20.1. The van der Waals surface area contributed by atoms with Gasteiger partial charge < -0.3 is 20.0 Å². The molecule has 3 aromatic rings. The molecule has 0 bridgehead atoms. The molecular weight excluding hydrogens is 576 g/mol. The highest BCUT2D eigenvalue weighted by atomic mass is 19.3. The number of rotatable bonds is 7. The van der Waals surface area contributed by atoms with Gasteiger partial charge in [0.1, 0.15) is 0 Å². The summed E-state index contributed by atoms with van der Waals surface area (Å²) in [4.78, 5) is 21.7. The average Bonchev–Trinajstić information content (AvgIpc) is 3.67.